The molecule has 19 heavy (non-hydrogen) atoms. The summed E-state index contributed by atoms with van der Waals surface area (Å²) >= 11 is 1.09. The Morgan fingerprint density at radius 1 is 1.26 bits per heavy atom. The van der Waals surface area contributed by atoms with Gasteiger partial charge in [0.05, 0.1) is 5.56 Å². The van der Waals surface area contributed by atoms with E-state index in [9.17, 15) is 9.59 Å². The minimum Gasteiger partial charge on any atom is -0.478 e. The number of carbonyl (C=O) groups is 1. The third-order valence-corrected chi connectivity index (χ3v) is 3.35. The van der Waals surface area contributed by atoms with E-state index in [2.05, 4.69) is 9.97 Å². The van der Waals surface area contributed by atoms with Gasteiger partial charge in [-0.25, -0.2) is 4.79 Å². The SMILES string of the molecule is Nc1nc(N)c(Sc2ccc(C(=O)O)cc2)c(=O)[nH]1. The monoisotopic (exact) mass is 278 g/mol. The molecule has 0 bridgehead atoms. The van der Waals surface area contributed by atoms with Gasteiger partial charge in [0.1, 0.15) is 10.7 Å². The molecule has 0 fully saturated rings. The van der Waals surface area contributed by atoms with E-state index in [-0.39, 0.29) is 22.2 Å². The average Bonchev–Trinajstić information content (AvgIpc) is 2.34. The van der Waals surface area contributed by atoms with E-state index in [0.717, 1.165) is 11.8 Å². The molecule has 0 saturated carbocycles. The maximum Gasteiger partial charge on any atom is 0.335 e. The highest BCUT2D eigenvalue weighted by atomic mass is 32.2. The lowest BCUT2D eigenvalue weighted by atomic mass is 10.2. The molecular formula is C11H10N4O3S. The van der Waals surface area contributed by atoms with Crippen LogP contribution in [0.1, 0.15) is 10.4 Å². The molecule has 1 aromatic carbocycles. The van der Waals surface area contributed by atoms with Crippen molar-refractivity contribution in [2.45, 2.75) is 9.79 Å². The molecule has 1 aromatic heterocycles. The van der Waals surface area contributed by atoms with Gasteiger partial charge in [-0.2, -0.15) is 4.98 Å². The smallest absolute Gasteiger partial charge is 0.335 e. The lowest BCUT2D eigenvalue weighted by Gasteiger charge is -2.04. The van der Waals surface area contributed by atoms with E-state index in [1.807, 2.05) is 0 Å². The zero-order valence-electron chi connectivity index (χ0n) is 9.58. The van der Waals surface area contributed by atoms with Gasteiger partial charge in [-0.15, -0.1) is 0 Å². The number of H-pyrrole nitrogens is 1. The zero-order chi connectivity index (χ0) is 14.0. The molecule has 0 amide bonds. The molecule has 1 heterocycles. The number of aromatic nitrogens is 2. The number of aromatic carboxylic acids is 1. The van der Waals surface area contributed by atoms with Crippen molar-refractivity contribution in [1.29, 1.82) is 0 Å². The predicted octanol–water partition coefficient (Wildman–Crippen LogP) is 0.784. The van der Waals surface area contributed by atoms with Crippen LogP contribution in [0.25, 0.3) is 0 Å². The van der Waals surface area contributed by atoms with Crippen LogP contribution in [0.5, 0.6) is 0 Å². The summed E-state index contributed by atoms with van der Waals surface area (Å²) in [6.07, 6.45) is 0. The van der Waals surface area contributed by atoms with Gasteiger partial charge in [0.2, 0.25) is 5.95 Å². The Bertz CT molecular complexity index is 681. The Hall–Kier alpha value is -2.48. The van der Waals surface area contributed by atoms with Gasteiger partial charge in [-0.3, -0.25) is 9.78 Å². The molecule has 0 radical (unpaired) electrons. The second-order valence-corrected chi connectivity index (χ2v) is 4.68. The first-order valence-electron chi connectivity index (χ1n) is 5.14. The first-order valence-corrected chi connectivity index (χ1v) is 5.95. The normalized spacial score (nSPS) is 10.3. The lowest BCUT2D eigenvalue weighted by Crippen LogP contribution is -2.15. The highest BCUT2D eigenvalue weighted by Crippen LogP contribution is 2.28. The average molecular weight is 278 g/mol. The minimum atomic E-state index is -1.01. The summed E-state index contributed by atoms with van der Waals surface area (Å²) in [5.74, 6) is -1.02. The van der Waals surface area contributed by atoms with Gasteiger partial charge in [-0.05, 0) is 24.3 Å². The molecule has 7 nitrogen and oxygen atoms in total. The predicted molar refractivity (Wildman–Crippen MR) is 71.2 cm³/mol. The Balaban J connectivity index is 2.31. The van der Waals surface area contributed by atoms with E-state index in [0.29, 0.717) is 4.90 Å². The molecule has 0 aliphatic carbocycles. The number of rotatable bonds is 3. The summed E-state index contributed by atoms with van der Waals surface area (Å²) in [6.45, 7) is 0. The van der Waals surface area contributed by atoms with E-state index in [4.69, 9.17) is 16.6 Å². The van der Waals surface area contributed by atoms with Crippen LogP contribution >= 0.6 is 11.8 Å². The highest BCUT2D eigenvalue weighted by Gasteiger charge is 2.10. The van der Waals surface area contributed by atoms with Crippen molar-refractivity contribution in [3.8, 4) is 0 Å². The number of hydrogen-bond acceptors (Lipinski definition) is 6. The van der Waals surface area contributed by atoms with Gasteiger partial charge < -0.3 is 16.6 Å². The number of nitrogens with two attached hydrogens (primary N) is 2. The number of nitrogens with zero attached hydrogens (tertiary/aromatic N) is 1. The molecule has 0 unspecified atom stereocenters. The van der Waals surface area contributed by atoms with E-state index in [1.54, 1.807) is 12.1 Å². The minimum absolute atomic E-state index is 0.0357. The zero-order valence-corrected chi connectivity index (χ0v) is 10.4. The molecule has 6 N–H and O–H groups in total. The van der Waals surface area contributed by atoms with Crippen LogP contribution in [0, 0.1) is 0 Å². The third-order valence-electron chi connectivity index (χ3n) is 2.24. The van der Waals surface area contributed by atoms with Crippen molar-refractivity contribution < 1.29 is 9.90 Å². The van der Waals surface area contributed by atoms with Crippen molar-refractivity contribution in [2.75, 3.05) is 11.5 Å². The van der Waals surface area contributed by atoms with Crippen LogP contribution < -0.4 is 17.0 Å². The molecule has 8 heteroatoms. The Labute approximate surface area is 111 Å². The molecule has 0 spiro atoms. The lowest BCUT2D eigenvalue weighted by molar-refractivity contribution is 0.0697. The number of aromatic amines is 1. The number of carboxylic acid groups (broad SMARTS) is 1. The van der Waals surface area contributed by atoms with Crippen LogP contribution in [0.15, 0.2) is 38.9 Å². The summed E-state index contributed by atoms with van der Waals surface area (Å²) in [7, 11) is 0. The fourth-order valence-electron chi connectivity index (χ4n) is 1.38. The maximum atomic E-state index is 11.7. The van der Waals surface area contributed by atoms with Gasteiger partial charge in [0.15, 0.2) is 0 Å². The summed E-state index contributed by atoms with van der Waals surface area (Å²) < 4.78 is 0. The molecule has 0 aliphatic rings. The molecule has 0 atom stereocenters. The Morgan fingerprint density at radius 2 is 1.89 bits per heavy atom. The summed E-state index contributed by atoms with van der Waals surface area (Å²) in [5, 5.41) is 8.78. The van der Waals surface area contributed by atoms with Crippen LogP contribution in [0.2, 0.25) is 0 Å². The number of benzene rings is 1. The third kappa shape index (κ3) is 2.86. The van der Waals surface area contributed by atoms with E-state index in [1.165, 1.54) is 12.1 Å². The van der Waals surface area contributed by atoms with Crippen molar-refractivity contribution in [2.24, 2.45) is 0 Å². The maximum absolute atomic E-state index is 11.7. The van der Waals surface area contributed by atoms with Gasteiger partial charge in [0.25, 0.3) is 5.56 Å². The van der Waals surface area contributed by atoms with E-state index >= 15 is 0 Å². The first kappa shape index (κ1) is 13.0. The van der Waals surface area contributed by atoms with Gasteiger partial charge in [-0.1, -0.05) is 11.8 Å². The fraction of sp³-hybridized carbons (Fsp3) is 0. The van der Waals surface area contributed by atoms with Crippen molar-refractivity contribution >= 4 is 29.5 Å². The molecular weight excluding hydrogens is 268 g/mol. The largest absolute Gasteiger partial charge is 0.478 e. The first-order chi connectivity index (χ1) is 8.97. The van der Waals surface area contributed by atoms with Crippen LogP contribution in [-0.4, -0.2) is 21.0 Å². The second-order valence-electron chi connectivity index (χ2n) is 3.60. The van der Waals surface area contributed by atoms with Gasteiger partial charge >= 0.3 is 5.97 Å². The van der Waals surface area contributed by atoms with Crippen LogP contribution in [0.3, 0.4) is 0 Å². The summed E-state index contributed by atoms with van der Waals surface area (Å²) in [5.41, 5.74) is 10.7. The van der Waals surface area contributed by atoms with Crippen molar-refractivity contribution in [3.05, 3.63) is 40.2 Å². The molecule has 98 valence electrons. The van der Waals surface area contributed by atoms with Crippen LogP contribution in [-0.2, 0) is 0 Å². The molecule has 2 aromatic rings. The van der Waals surface area contributed by atoms with Crippen LogP contribution in [0.4, 0.5) is 11.8 Å². The fourth-order valence-corrected chi connectivity index (χ4v) is 2.18. The second kappa shape index (κ2) is 5.02. The number of carboxylic acids is 1. The number of nitrogen functional groups attached to an aromatic ring is 2. The van der Waals surface area contributed by atoms with E-state index < -0.39 is 11.5 Å². The van der Waals surface area contributed by atoms with Crippen molar-refractivity contribution in [1.82, 2.24) is 9.97 Å². The number of nitrogens with one attached hydrogen (secondary N) is 1. The van der Waals surface area contributed by atoms with Crippen molar-refractivity contribution in [3.63, 3.8) is 0 Å². The molecule has 2 rings (SSSR count). The summed E-state index contributed by atoms with van der Waals surface area (Å²) in [4.78, 5) is 29.4. The Morgan fingerprint density at radius 3 is 2.42 bits per heavy atom. The summed E-state index contributed by atoms with van der Waals surface area (Å²) in [6, 6.07) is 6.06. The topological polar surface area (TPSA) is 135 Å². The quantitative estimate of drug-likeness (QED) is 0.651. The number of anilines is 2. The molecule has 0 saturated heterocycles. The Kier molecular flexibility index (Phi) is 3.43. The number of hydrogen-bond donors (Lipinski definition) is 4. The van der Waals surface area contributed by atoms with Gasteiger partial charge in [0, 0.05) is 4.90 Å². The standard InChI is InChI=1S/C11H10N4O3S/c12-8-7(9(16)15-11(13)14-8)19-6-3-1-5(2-4-6)10(17)18/h1-4H,(H,17,18)(H5,12,13,14,15,16). The molecule has 0 aliphatic heterocycles. The highest BCUT2D eigenvalue weighted by molar-refractivity contribution is 7.99.